The van der Waals surface area contributed by atoms with E-state index in [9.17, 15) is 31.6 Å². The molecule has 0 spiro atoms. The zero-order chi connectivity index (χ0) is 42.3. The first-order chi connectivity index (χ1) is 29.4. The van der Waals surface area contributed by atoms with Gasteiger partial charge in [0.05, 0.1) is 70.3 Å². The van der Waals surface area contributed by atoms with Crippen molar-refractivity contribution in [3.05, 3.63) is 130 Å². The zero-order valence-electron chi connectivity index (χ0n) is 32.4. The molecule has 6 aromatic heterocycles. The first kappa shape index (κ1) is 40.3. The Morgan fingerprint density at radius 1 is 0.721 bits per heavy atom. The molecule has 3 aliphatic rings. The van der Waals surface area contributed by atoms with Gasteiger partial charge in [0.25, 0.3) is 0 Å². The molecule has 2 aliphatic heterocycles. The van der Waals surface area contributed by atoms with Gasteiger partial charge in [-0.15, -0.1) is 0 Å². The smallest absolute Gasteiger partial charge is 0.302 e. The summed E-state index contributed by atoms with van der Waals surface area (Å²) in [6.45, 7) is 1.95. The van der Waals surface area contributed by atoms with E-state index in [1.165, 1.54) is 18.3 Å². The SMILES string of the molecule is N#Cc1ccc(CNC2CC(c3nc4n(n3)CCCC4NCc3ccc(C(F)(F)F)cn3)Cn3nc(C4CCc5cn[nH]c5C4NCc4ccc(C(F)(F)F)cn4)nc32)nc1. The number of hydrogen-bond acceptors (Lipinski definition) is 12. The molecule has 0 fully saturated rings. The van der Waals surface area contributed by atoms with Gasteiger partial charge >= 0.3 is 12.4 Å². The second kappa shape index (κ2) is 16.4. The number of aromatic nitrogens is 11. The third-order valence-electron chi connectivity index (χ3n) is 11.5. The molecule has 0 aromatic carbocycles. The summed E-state index contributed by atoms with van der Waals surface area (Å²) in [6, 6.07) is 9.57. The Balaban J connectivity index is 0.971. The average molecular weight is 844 g/mol. The van der Waals surface area contributed by atoms with Gasteiger partial charge in [-0.25, -0.2) is 19.3 Å². The fourth-order valence-corrected chi connectivity index (χ4v) is 8.34. The zero-order valence-corrected chi connectivity index (χ0v) is 32.4. The van der Waals surface area contributed by atoms with Crippen molar-refractivity contribution < 1.29 is 26.3 Å². The van der Waals surface area contributed by atoms with Gasteiger partial charge < -0.3 is 16.0 Å². The number of aryl methyl sites for hydroxylation is 2. The van der Waals surface area contributed by atoms with Crippen LogP contribution in [0.25, 0.3) is 0 Å². The van der Waals surface area contributed by atoms with E-state index in [1.54, 1.807) is 18.3 Å². The molecule has 1 aliphatic carbocycles. The van der Waals surface area contributed by atoms with Crippen molar-refractivity contribution >= 4 is 0 Å². The van der Waals surface area contributed by atoms with Gasteiger partial charge in [0.15, 0.2) is 11.6 Å². The number of nitrogens with one attached hydrogen (secondary N) is 4. The Morgan fingerprint density at radius 2 is 1.34 bits per heavy atom. The normalized spacial score (nSPS) is 21.4. The number of nitrogens with zero attached hydrogens (tertiary/aromatic N) is 11. The molecule has 6 aromatic rings. The van der Waals surface area contributed by atoms with Crippen LogP contribution in [0.2, 0.25) is 0 Å². The highest BCUT2D eigenvalue weighted by Crippen LogP contribution is 2.41. The summed E-state index contributed by atoms with van der Waals surface area (Å²) >= 11 is 0. The predicted octanol–water partition coefficient (Wildman–Crippen LogP) is 5.89. The van der Waals surface area contributed by atoms with Crippen molar-refractivity contribution in [3.63, 3.8) is 0 Å². The summed E-state index contributed by atoms with van der Waals surface area (Å²) in [4.78, 5) is 22.7. The second-order valence-corrected chi connectivity index (χ2v) is 15.5. The number of halogens is 6. The standard InChI is InChI=1S/C40H39F6N15/c41-39(42,43)25-5-8-28(49-16-25)18-51-31-2-1-11-60-37(31)55-35(58-60)24-12-32(52-19-27-7-3-22(13-47)14-48-27)38-56-36(59-61(38)21-24)30-10-4-23-15-54-57-33(23)34(30)53-20-29-9-6-26(17-50-29)40(44,45)46/h3,5-9,14-17,24,30-32,34,51-53H,1-2,4,10-12,18-21H2,(H,54,57). The lowest BCUT2D eigenvalue weighted by atomic mass is 9.83. The minimum atomic E-state index is -4.49. The van der Waals surface area contributed by atoms with Crippen molar-refractivity contribution in [2.45, 2.75) is 107 Å². The molecule has 15 nitrogen and oxygen atoms in total. The van der Waals surface area contributed by atoms with Gasteiger partial charge in [0.1, 0.15) is 17.7 Å². The molecule has 0 amide bonds. The van der Waals surface area contributed by atoms with Gasteiger partial charge in [-0.2, -0.15) is 46.9 Å². The Morgan fingerprint density at radius 3 is 1.98 bits per heavy atom. The van der Waals surface area contributed by atoms with Gasteiger partial charge in [0.2, 0.25) is 0 Å². The topological polar surface area (TPSA) is 189 Å². The van der Waals surface area contributed by atoms with Crippen LogP contribution in [0.3, 0.4) is 0 Å². The minimum absolute atomic E-state index is 0.172. The highest BCUT2D eigenvalue weighted by Gasteiger charge is 2.40. The minimum Gasteiger partial charge on any atom is -0.302 e. The van der Waals surface area contributed by atoms with Crippen molar-refractivity contribution in [1.82, 2.24) is 70.6 Å². The average Bonchev–Trinajstić information content (AvgIpc) is 4.03. The van der Waals surface area contributed by atoms with Gasteiger partial charge in [0, 0.05) is 56.6 Å². The van der Waals surface area contributed by atoms with Crippen molar-refractivity contribution in [1.29, 1.82) is 5.26 Å². The van der Waals surface area contributed by atoms with Gasteiger partial charge in [-0.1, -0.05) is 0 Å². The molecule has 5 unspecified atom stereocenters. The molecule has 316 valence electrons. The van der Waals surface area contributed by atoms with E-state index in [2.05, 4.69) is 47.2 Å². The lowest BCUT2D eigenvalue weighted by Crippen LogP contribution is -2.32. The van der Waals surface area contributed by atoms with Crippen LogP contribution in [0.1, 0.15) is 124 Å². The molecule has 9 rings (SSSR count). The number of H-pyrrole nitrogens is 1. The number of alkyl halides is 6. The van der Waals surface area contributed by atoms with E-state index in [1.807, 2.05) is 9.36 Å². The van der Waals surface area contributed by atoms with Crippen LogP contribution in [-0.4, -0.2) is 54.7 Å². The summed E-state index contributed by atoms with van der Waals surface area (Å²) in [6.07, 6.45) is -0.359. The summed E-state index contributed by atoms with van der Waals surface area (Å²) in [5, 5.41) is 37.3. The molecule has 0 bridgehead atoms. The number of fused-ring (bicyclic) bond motifs is 3. The molecule has 0 saturated heterocycles. The Kier molecular flexibility index (Phi) is 10.8. The quantitative estimate of drug-likeness (QED) is 0.113. The van der Waals surface area contributed by atoms with Crippen LogP contribution in [0.15, 0.2) is 61.2 Å². The van der Waals surface area contributed by atoms with Crippen LogP contribution < -0.4 is 16.0 Å². The van der Waals surface area contributed by atoms with Crippen LogP contribution >= 0.6 is 0 Å². The lowest BCUT2D eigenvalue weighted by Gasteiger charge is -2.30. The van der Waals surface area contributed by atoms with Gasteiger partial charge in [-0.05, 0) is 74.1 Å². The fraction of sp³-hybridized carbons (Fsp3) is 0.425. The van der Waals surface area contributed by atoms with E-state index in [-0.39, 0.29) is 43.1 Å². The molecule has 4 N–H and O–H groups in total. The first-order valence-electron chi connectivity index (χ1n) is 19.9. The third kappa shape index (κ3) is 8.60. The monoisotopic (exact) mass is 843 g/mol. The number of rotatable bonds is 11. The number of nitriles is 1. The molecule has 0 saturated carbocycles. The summed E-state index contributed by atoms with van der Waals surface area (Å²) in [5.74, 6) is 2.34. The number of hydrogen-bond donors (Lipinski definition) is 4. The van der Waals surface area contributed by atoms with Crippen LogP contribution in [0.5, 0.6) is 0 Å². The van der Waals surface area contributed by atoms with E-state index in [0.717, 1.165) is 72.4 Å². The third-order valence-corrected chi connectivity index (χ3v) is 11.5. The van der Waals surface area contributed by atoms with E-state index in [4.69, 9.17) is 20.2 Å². The first-order valence-corrected chi connectivity index (χ1v) is 19.9. The maximum atomic E-state index is 13.2. The predicted molar refractivity (Wildman–Crippen MR) is 202 cm³/mol. The van der Waals surface area contributed by atoms with Crippen molar-refractivity contribution in [2.75, 3.05) is 0 Å². The van der Waals surface area contributed by atoms with E-state index < -0.39 is 23.5 Å². The summed E-state index contributed by atoms with van der Waals surface area (Å²) in [7, 11) is 0. The highest BCUT2D eigenvalue weighted by molar-refractivity contribution is 5.29. The molecular weight excluding hydrogens is 805 g/mol. The Hall–Kier alpha value is -6.11. The maximum absolute atomic E-state index is 13.2. The number of pyridine rings is 3. The second-order valence-electron chi connectivity index (χ2n) is 15.5. The van der Waals surface area contributed by atoms with Crippen LogP contribution in [0.4, 0.5) is 26.3 Å². The summed E-state index contributed by atoms with van der Waals surface area (Å²) < 4.78 is 82.8. The Labute approximate surface area is 344 Å². The van der Waals surface area contributed by atoms with Crippen LogP contribution in [0, 0.1) is 11.3 Å². The van der Waals surface area contributed by atoms with Crippen molar-refractivity contribution in [2.24, 2.45) is 0 Å². The van der Waals surface area contributed by atoms with Crippen LogP contribution in [-0.2, 0) is 51.5 Å². The number of aromatic amines is 1. The molecular formula is C40H39F6N15. The van der Waals surface area contributed by atoms with E-state index >= 15 is 0 Å². The molecule has 21 heteroatoms. The van der Waals surface area contributed by atoms with Gasteiger partial charge in [-0.3, -0.25) is 20.1 Å². The molecule has 61 heavy (non-hydrogen) atoms. The largest absolute Gasteiger partial charge is 0.417 e. The lowest BCUT2D eigenvalue weighted by molar-refractivity contribution is -0.138. The fourth-order valence-electron chi connectivity index (χ4n) is 8.34. The maximum Gasteiger partial charge on any atom is 0.417 e. The Bertz CT molecular complexity index is 2500. The molecule has 0 radical (unpaired) electrons. The molecule has 8 heterocycles. The van der Waals surface area contributed by atoms with Crippen molar-refractivity contribution in [3.8, 4) is 6.07 Å². The summed E-state index contributed by atoms with van der Waals surface area (Å²) in [5.41, 5.74) is 2.39. The van der Waals surface area contributed by atoms with E-state index in [0.29, 0.717) is 61.1 Å². The highest BCUT2D eigenvalue weighted by atomic mass is 19.4. The molecule has 5 atom stereocenters.